The van der Waals surface area contributed by atoms with Gasteiger partial charge in [0.1, 0.15) is 5.82 Å². The Labute approximate surface area is 171 Å². The van der Waals surface area contributed by atoms with E-state index in [9.17, 15) is 18.8 Å². The fourth-order valence-corrected chi connectivity index (χ4v) is 3.53. The Morgan fingerprint density at radius 3 is 2.60 bits per heavy atom. The molecule has 1 aliphatic heterocycles. The van der Waals surface area contributed by atoms with Crippen molar-refractivity contribution >= 4 is 17.5 Å². The molecule has 2 aromatic heterocycles. The minimum Gasteiger partial charge on any atom is -0.339 e. The zero-order valence-corrected chi connectivity index (χ0v) is 16.0. The van der Waals surface area contributed by atoms with Crippen LogP contribution in [0.25, 0.3) is 0 Å². The Morgan fingerprint density at radius 1 is 1.13 bits per heavy atom. The highest BCUT2D eigenvalue weighted by Gasteiger charge is 2.26. The molecule has 3 N–H and O–H groups in total. The zero-order chi connectivity index (χ0) is 21.1. The number of halogens is 1. The van der Waals surface area contributed by atoms with E-state index in [0.717, 1.165) is 5.69 Å². The molecule has 0 radical (unpaired) electrons. The maximum atomic E-state index is 13.7. The number of piperidine rings is 1. The smallest absolute Gasteiger partial charge is 0.276 e. The molecular weight excluding hydrogens is 389 g/mol. The van der Waals surface area contributed by atoms with E-state index < -0.39 is 11.7 Å². The summed E-state index contributed by atoms with van der Waals surface area (Å²) in [7, 11) is 0. The molecule has 9 heteroatoms. The van der Waals surface area contributed by atoms with Crippen molar-refractivity contribution in [2.24, 2.45) is 0 Å². The lowest BCUT2D eigenvalue weighted by Gasteiger charge is -2.31. The summed E-state index contributed by atoms with van der Waals surface area (Å²) in [5.41, 5.74) is 1.28. The number of likely N-dealkylation sites (tertiary alicyclic amines) is 1. The normalized spacial score (nSPS) is 14.5. The first-order chi connectivity index (χ1) is 14.5. The molecule has 1 fully saturated rings. The van der Waals surface area contributed by atoms with Gasteiger partial charge in [-0.05, 0) is 37.1 Å². The van der Waals surface area contributed by atoms with Gasteiger partial charge in [-0.25, -0.2) is 4.39 Å². The van der Waals surface area contributed by atoms with Gasteiger partial charge in [-0.15, -0.1) is 0 Å². The Balaban J connectivity index is 1.36. The first kappa shape index (κ1) is 19.6. The molecule has 30 heavy (non-hydrogen) atoms. The monoisotopic (exact) mass is 409 g/mol. The number of hydrogen-bond donors (Lipinski definition) is 3. The molecule has 0 atom stereocenters. The van der Waals surface area contributed by atoms with Crippen molar-refractivity contribution in [2.45, 2.75) is 18.8 Å². The first-order valence-electron chi connectivity index (χ1n) is 9.60. The molecule has 1 aliphatic rings. The number of para-hydroxylation sites is 1. The van der Waals surface area contributed by atoms with E-state index in [2.05, 4.69) is 20.5 Å². The molecular formula is C21H20FN5O3. The first-order valence-corrected chi connectivity index (χ1v) is 9.60. The summed E-state index contributed by atoms with van der Waals surface area (Å²) < 4.78 is 13.7. The Bertz CT molecular complexity index is 1110. The standard InChI is InChI=1S/C21H20FN5O3/c22-15-3-1-2-4-16(15)24-20(29)18-11-17(25-26-18)13-7-9-27(10-8-13)21(30)14-5-6-19(28)23-12-14/h1-6,11-13H,7-10H2,(H,23,28)(H,24,29)(H,25,26). The zero-order valence-electron chi connectivity index (χ0n) is 16.0. The predicted molar refractivity (Wildman–Crippen MR) is 108 cm³/mol. The Kier molecular flexibility index (Phi) is 5.42. The number of nitrogens with one attached hydrogen (secondary N) is 3. The molecule has 0 unspecified atom stereocenters. The molecule has 0 saturated carbocycles. The van der Waals surface area contributed by atoms with E-state index in [0.29, 0.717) is 31.5 Å². The van der Waals surface area contributed by atoms with Crippen LogP contribution < -0.4 is 10.9 Å². The minimum absolute atomic E-state index is 0.0983. The van der Waals surface area contributed by atoms with Gasteiger partial charge in [-0.1, -0.05) is 12.1 Å². The van der Waals surface area contributed by atoms with Crippen LogP contribution in [0.1, 0.15) is 45.3 Å². The van der Waals surface area contributed by atoms with Crippen molar-refractivity contribution < 1.29 is 14.0 Å². The molecule has 1 aromatic carbocycles. The van der Waals surface area contributed by atoms with Crippen molar-refractivity contribution in [3.63, 3.8) is 0 Å². The molecule has 0 spiro atoms. The van der Waals surface area contributed by atoms with Gasteiger partial charge in [0.05, 0.1) is 11.3 Å². The number of aromatic amines is 2. The van der Waals surface area contributed by atoms with E-state index in [1.165, 1.54) is 30.5 Å². The highest BCUT2D eigenvalue weighted by Crippen LogP contribution is 2.28. The summed E-state index contributed by atoms with van der Waals surface area (Å²) in [6.07, 6.45) is 2.85. The van der Waals surface area contributed by atoms with Crippen LogP contribution in [-0.2, 0) is 0 Å². The number of H-pyrrole nitrogens is 2. The lowest BCUT2D eigenvalue weighted by atomic mass is 9.93. The number of carbonyl (C=O) groups excluding carboxylic acids is 2. The van der Waals surface area contributed by atoms with Gasteiger partial charge in [0.15, 0.2) is 5.69 Å². The average molecular weight is 409 g/mol. The fourth-order valence-electron chi connectivity index (χ4n) is 3.53. The Hall–Kier alpha value is -3.75. The van der Waals surface area contributed by atoms with Crippen LogP contribution in [0.4, 0.5) is 10.1 Å². The SMILES string of the molecule is O=C(Nc1ccccc1F)c1cc(C2CCN(C(=O)c3ccc(=O)[nH]c3)CC2)[nH]n1. The molecule has 3 heterocycles. The quantitative estimate of drug-likeness (QED) is 0.615. The largest absolute Gasteiger partial charge is 0.339 e. The van der Waals surface area contributed by atoms with Crippen molar-refractivity contribution in [3.8, 4) is 0 Å². The molecule has 1 saturated heterocycles. The van der Waals surface area contributed by atoms with Crippen LogP contribution in [0.2, 0.25) is 0 Å². The number of carbonyl (C=O) groups is 2. The van der Waals surface area contributed by atoms with Gasteiger partial charge in [0.25, 0.3) is 11.8 Å². The molecule has 3 aromatic rings. The van der Waals surface area contributed by atoms with Crippen molar-refractivity contribution in [2.75, 3.05) is 18.4 Å². The van der Waals surface area contributed by atoms with Gasteiger partial charge in [-0.3, -0.25) is 19.5 Å². The fraction of sp³-hybridized carbons (Fsp3) is 0.238. The summed E-state index contributed by atoms with van der Waals surface area (Å²) in [6.45, 7) is 1.11. The van der Waals surface area contributed by atoms with Gasteiger partial charge in [0.2, 0.25) is 5.56 Å². The average Bonchev–Trinajstić information content (AvgIpc) is 3.26. The van der Waals surface area contributed by atoms with E-state index in [1.54, 1.807) is 23.1 Å². The van der Waals surface area contributed by atoms with Gasteiger partial charge in [0, 0.05) is 37.0 Å². The second kappa shape index (κ2) is 8.32. The number of benzene rings is 1. The highest BCUT2D eigenvalue weighted by molar-refractivity contribution is 6.03. The summed E-state index contributed by atoms with van der Waals surface area (Å²) in [5, 5.41) is 9.46. The van der Waals surface area contributed by atoms with Crippen molar-refractivity contribution in [1.82, 2.24) is 20.1 Å². The number of nitrogens with zero attached hydrogens (tertiary/aromatic N) is 2. The van der Waals surface area contributed by atoms with Crippen LogP contribution in [-0.4, -0.2) is 45.0 Å². The number of aromatic nitrogens is 3. The van der Waals surface area contributed by atoms with E-state index in [4.69, 9.17) is 0 Å². The van der Waals surface area contributed by atoms with E-state index in [1.807, 2.05) is 0 Å². The second-order valence-electron chi connectivity index (χ2n) is 7.15. The van der Waals surface area contributed by atoms with Gasteiger partial charge >= 0.3 is 0 Å². The van der Waals surface area contributed by atoms with E-state index >= 15 is 0 Å². The van der Waals surface area contributed by atoms with Crippen LogP contribution in [0.5, 0.6) is 0 Å². The summed E-state index contributed by atoms with van der Waals surface area (Å²) in [5.74, 6) is -0.999. The molecule has 2 amide bonds. The predicted octanol–water partition coefficient (Wildman–Crippen LogP) is 2.51. The summed E-state index contributed by atoms with van der Waals surface area (Å²) >= 11 is 0. The third kappa shape index (κ3) is 4.14. The van der Waals surface area contributed by atoms with Crippen LogP contribution >= 0.6 is 0 Å². The van der Waals surface area contributed by atoms with Crippen molar-refractivity contribution in [3.05, 3.63) is 81.8 Å². The van der Waals surface area contributed by atoms with Gasteiger partial charge in [-0.2, -0.15) is 5.10 Å². The molecule has 0 aliphatic carbocycles. The molecule has 4 rings (SSSR count). The number of hydrogen-bond acceptors (Lipinski definition) is 4. The van der Waals surface area contributed by atoms with E-state index in [-0.39, 0.29) is 28.8 Å². The van der Waals surface area contributed by atoms with Crippen molar-refractivity contribution in [1.29, 1.82) is 0 Å². The third-order valence-corrected chi connectivity index (χ3v) is 5.21. The minimum atomic E-state index is -0.513. The Morgan fingerprint density at radius 2 is 1.90 bits per heavy atom. The number of anilines is 1. The third-order valence-electron chi connectivity index (χ3n) is 5.21. The molecule has 0 bridgehead atoms. The number of rotatable bonds is 4. The van der Waals surface area contributed by atoms with Crippen LogP contribution in [0.3, 0.4) is 0 Å². The van der Waals surface area contributed by atoms with Gasteiger partial charge < -0.3 is 15.2 Å². The second-order valence-corrected chi connectivity index (χ2v) is 7.15. The molecule has 8 nitrogen and oxygen atoms in total. The maximum Gasteiger partial charge on any atom is 0.276 e. The topological polar surface area (TPSA) is 111 Å². The maximum absolute atomic E-state index is 13.7. The lowest BCUT2D eigenvalue weighted by molar-refractivity contribution is 0.0711. The van der Waals surface area contributed by atoms with Crippen LogP contribution in [0, 0.1) is 5.82 Å². The number of amides is 2. The summed E-state index contributed by atoms with van der Waals surface area (Å²) in [4.78, 5) is 40.3. The lowest BCUT2D eigenvalue weighted by Crippen LogP contribution is -2.38. The van der Waals surface area contributed by atoms with Crippen LogP contribution in [0.15, 0.2) is 53.5 Å². The number of pyridine rings is 1. The summed E-state index contributed by atoms with van der Waals surface area (Å²) in [6, 6.07) is 10.5. The highest BCUT2D eigenvalue weighted by atomic mass is 19.1. The molecule has 154 valence electrons.